The van der Waals surface area contributed by atoms with Gasteiger partial charge in [0.1, 0.15) is 19.3 Å². The van der Waals surface area contributed by atoms with E-state index in [0.717, 1.165) is 109 Å². The maximum Gasteiger partial charge on any atom is 0.472 e. The molecule has 0 aromatic carbocycles. The second-order valence-electron chi connectivity index (χ2n) is 26.2. The van der Waals surface area contributed by atoms with Crippen LogP contribution in [0.1, 0.15) is 375 Å². The number of phosphoric acid groups is 2. The van der Waals surface area contributed by atoms with Crippen molar-refractivity contribution < 1.29 is 80.2 Å². The summed E-state index contributed by atoms with van der Waals surface area (Å²) < 4.78 is 68.0. The van der Waals surface area contributed by atoms with Gasteiger partial charge in [-0.2, -0.15) is 0 Å². The smallest absolute Gasteiger partial charge is 0.462 e. The third kappa shape index (κ3) is 65.1. The number of hydrogen-bond acceptors (Lipinski definition) is 15. The van der Waals surface area contributed by atoms with E-state index in [0.29, 0.717) is 25.7 Å². The Bertz CT molecular complexity index is 1760. The zero-order valence-electron chi connectivity index (χ0n) is 59.0. The molecule has 3 unspecified atom stereocenters. The van der Waals surface area contributed by atoms with Crippen LogP contribution in [0.25, 0.3) is 0 Å². The van der Waals surface area contributed by atoms with Crippen LogP contribution < -0.4 is 0 Å². The van der Waals surface area contributed by atoms with Gasteiger partial charge in [0.05, 0.1) is 26.4 Å². The molecule has 91 heavy (non-hydrogen) atoms. The summed E-state index contributed by atoms with van der Waals surface area (Å²) in [6.45, 7) is 7.21. The summed E-state index contributed by atoms with van der Waals surface area (Å²) >= 11 is 0. The Morgan fingerprint density at radius 3 is 0.780 bits per heavy atom. The van der Waals surface area contributed by atoms with Crippen LogP contribution in [-0.4, -0.2) is 96.7 Å². The molecule has 0 radical (unpaired) electrons. The van der Waals surface area contributed by atoms with Crippen molar-refractivity contribution in [2.45, 2.75) is 393 Å². The minimum Gasteiger partial charge on any atom is -0.462 e. The number of esters is 4. The Balaban J connectivity index is 5.08. The Hall–Kier alpha value is -1.94. The first-order chi connectivity index (χ1) is 44.1. The second-order valence-corrected chi connectivity index (χ2v) is 29.1. The maximum absolute atomic E-state index is 13.1. The summed E-state index contributed by atoms with van der Waals surface area (Å²) in [6, 6.07) is 0. The average molecular weight is 1340 g/mol. The first kappa shape index (κ1) is 89.1. The molecule has 0 aliphatic heterocycles. The van der Waals surface area contributed by atoms with E-state index in [-0.39, 0.29) is 25.7 Å². The number of aliphatic hydroxyl groups is 1. The molecular formula is C72H140O17P2. The third-order valence-electron chi connectivity index (χ3n) is 17.1. The predicted octanol–water partition coefficient (Wildman–Crippen LogP) is 20.9. The highest BCUT2D eigenvalue weighted by atomic mass is 31.2. The highest BCUT2D eigenvalue weighted by Crippen LogP contribution is 2.45. The van der Waals surface area contributed by atoms with Crippen LogP contribution in [0.15, 0.2) is 0 Å². The van der Waals surface area contributed by atoms with Gasteiger partial charge >= 0.3 is 39.5 Å². The van der Waals surface area contributed by atoms with Gasteiger partial charge < -0.3 is 33.8 Å². The van der Waals surface area contributed by atoms with Gasteiger partial charge in [0.2, 0.25) is 0 Å². The SMILES string of the molecule is CCCCCCCCCCCCCCCCCCC(=O)OC[C@H](COP(=O)(O)OC[C@@H](O)COP(=O)(O)OC[C@@H](COC(=O)CCCCCCC)OC(=O)CCCCCCCCCC)OC(=O)CCCCCCCCCCCCCCCCCCCCC(C)CC. The molecular weight excluding hydrogens is 1200 g/mol. The molecule has 0 bridgehead atoms. The fourth-order valence-electron chi connectivity index (χ4n) is 11.0. The zero-order valence-corrected chi connectivity index (χ0v) is 60.8. The Labute approximate surface area is 556 Å². The lowest BCUT2D eigenvalue weighted by Crippen LogP contribution is -2.30. The fraction of sp³-hybridized carbons (Fsp3) is 0.944. The number of unbranched alkanes of at least 4 members (excludes halogenated alkanes) is 43. The summed E-state index contributed by atoms with van der Waals surface area (Å²) in [5.74, 6) is -1.26. The Kier molecular flexibility index (Phi) is 64.0. The maximum atomic E-state index is 13.1. The van der Waals surface area contributed by atoms with Crippen LogP contribution >= 0.6 is 15.6 Å². The molecule has 540 valence electrons. The van der Waals surface area contributed by atoms with Crippen LogP contribution in [0.5, 0.6) is 0 Å². The molecule has 0 aliphatic rings. The molecule has 17 nitrogen and oxygen atoms in total. The van der Waals surface area contributed by atoms with Crippen molar-refractivity contribution in [3.63, 3.8) is 0 Å². The van der Waals surface area contributed by atoms with Crippen LogP contribution in [-0.2, 0) is 65.4 Å². The topological polar surface area (TPSA) is 237 Å². The van der Waals surface area contributed by atoms with Gasteiger partial charge in [-0.1, -0.05) is 324 Å². The van der Waals surface area contributed by atoms with Gasteiger partial charge in [-0.05, 0) is 31.6 Å². The third-order valence-corrected chi connectivity index (χ3v) is 19.0. The van der Waals surface area contributed by atoms with Crippen molar-refractivity contribution in [2.24, 2.45) is 5.92 Å². The summed E-state index contributed by atoms with van der Waals surface area (Å²) in [7, 11) is -9.89. The van der Waals surface area contributed by atoms with E-state index in [1.807, 2.05) is 0 Å². The van der Waals surface area contributed by atoms with E-state index >= 15 is 0 Å². The van der Waals surface area contributed by atoms with E-state index < -0.39 is 97.5 Å². The average Bonchev–Trinajstić information content (AvgIpc) is 3.71. The number of hydrogen-bond donors (Lipinski definition) is 3. The first-order valence-corrected chi connectivity index (χ1v) is 40.7. The van der Waals surface area contributed by atoms with Gasteiger partial charge in [-0.25, -0.2) is 9.13 Å². The number of rotatable bonds is 72. The normalized spacial score (nSPS) is 14.3. The van der Waals surface area contributed by atoms with Crippen molar-refractivity contribution in [2.75, 3.05) is 39.6 Å². The number of aliphatic hydroxyl groups excluding tert-OH is 1. The highest BCUT2D eigenvalue weighted by Gasteiger charge is 2.30. The van der Waals surface area contributed by atoms with Gasteiger partial charge in [-0.3, -0.25) is 37.3 Å². The number of ether oxygens (including phenoxy) is 4. The first-order valence-electron chi connectivity index (χ1n) is 37.7. The van der Waals surface area contributed by atoms with Gasteiger partial charge in [0, 0.05) is 25.7 Å². The van der Waals surface area contributed by atoms with Crippen molar-refractivity contribution in [1.82, 2.24) is 0 Å². The molecule has 0 heterocycles. The van der Waals surface area contributed by atoms with E-state index in [2.05, 4.69) is 34.6 Å². The lowest BCUT2D eigenvalue weighted by Gasteiger charge is -2.21. The minimum atomic E-state index is -4.95. The van der Waals surface area contributed by atoms with Crippen LogP contribution in [0, 0.1) is 5.92 Å². The summed E-state index contributed by atoms with van der Waals surface area (Å²) in [4.78, 5) is 72.2. The Morgan fingerprint density at radius 2 is 0.527 bits per heavy atom. The lowest BCUT2D eigenvalue weighted by molar-refractivity contribution is -0.161. The van der Waals surface area contributed by atoms with E-state index in [1.165, 1.54) is 186 Å². The highest BCUT2D eigenvalue weighted by molar-refractivity contribution is 7.47. The zero-order chi connectivity index (χ0) is 67.0. The molecule has 0 spiro atoms. The molecule has 0 aromatic heterocycles. The largest absolute Gasteiger partial charge is 0.472 e. The monoisotopic (exact) mass is 1340 g/mol. The fourth-order valence-corrected chi connectivity index (χ4v) is 12.5. The molecule has 0 aromatic rings. The standard InChI is InChI=1S/C72H140O17P2/c1-6-10-13-16-18-20-21-22-23-29-32-35-38-42-46-51-56-70(75)83-62-68(89-72(77)58-53-48-43-39-36-33-30-27-25-24-26-28-31-34-37-40-45-49-54-65(5)9-4)64-87-91(80,81)85-60-66(73)59-84-90(78,79)86-63-67(61-82-69(74)55-50-44-15-12-8-3)88-71(76)57-52-47-41-19-17-14-11-7-2/h65-68,73H,6-64H2,1-5H3,(H,78,79)(H,80,81)/t65?,66-,67+,68+/m0/s1. The van der Waals surface area contributed by atoms with Gasteiger partial charge in [0.25, 0.3) is 0 Å². The van der Waals surface area contributed by atoms with Crippen molar-refractivity contribution >= 4 is 39.5 Å². The van der Waals surface area contributed by atoms with Gasteiger partial charge in [0.15, 0.2) is 12.2 Å². The molecule has 19 heteroatoms. The molecule has 0 fully saturated rings. The molecule has 0 saturated heterocycles. The van der Waals surface area contributed by atoms with E-state index in [1.54, 1.807) is 0 Å². The second kappa shape index (κ2) is 65.4. The van der Waals surface area contributed by atoms with E-state index in [4.69, 9.17) is 37.0 Å². The molecule has 3 N–H and O–H groups in total. The molecule has 0 saturated carbocycles. The molecule has 6 atom stereocenters. The van der Waals surface area contributed by atoms with Crippen molar-refractivity contribution in [3.8, 4) is 0 Å². The van der Waals surface area contributed by atoms with E-state index in [9.17, 15) is 43.2 Å². The van der Waals surface area contributed by atoms with Crippen LogP contribution in [0.4, 0.5) is 0 Å². The Morgan fingerprint density at radius 1 is 0.308 bits per heavy atom. The predicted molar refractivity (Wildman–Crippen MR) is 368 cm³/mol. The van der Waals surface area contributed by atoms with Crippen molar-refractivity contribution in [1.29, 1.82) is 0 Å². The quantitative estimate of drug-likeness (QED) is 0.0222. The van der Waals surface area contributed by atoms with Gasteiger partial charge in [-0.15, -0.1) is 0 Å². The lowest BCUT2D eigenvalue weighted by atomic mass is 9.99. The molecule has 0 aliphatic carbocycles. The molecule has 0 rings (SSSR count). The number of phosphoric ester groups is 2. The minimum absolute atomic E-state index is 0.104. The number of carbonyl (C=O) groups is 4. The summed E-state index contributed by atoms with van der Waals surface area (Å²) in [5.41, 5.74) is 0. The summed E-state index contributed by atoms with van der Waals surface area (Å²) in [6.07, 6.45) is 53.3. The number of carbonyl (C=O) groups excluding carboxylic acids is 4. The summed E-state index contributed by atoms with van der Waals surface area (Å²) in [5, 5.41) is 10.5. The molecule has 0 amide bonds. The van der Waals surface area contributed by atoms with Crippen LogP contribution in [0.2, 0.25) is 0 Å². The van der Waals surface area contributed by atoms with Crippen LogP contribution in [0.3, 0.4) is 0 Å². The van der Waals surface area contributed by atoms with Crippen molar-refractivity contribution in [3.05, 3.63) is 0 Å².